The van der Waals surface area contributed by atoms with E-state index in [2.05, 4.69) is 25.9 Å². The van der Waals surface area contributed by atoms with E-state index < -0.39 is 17.7 Å². The Labute approximate surface area is 219 Å². The highest BCUT2D eigenvalue weighted by molar-refractivity contribution is 9.10. The van der Waals surface area contributed by atoms with Crippen LogP contribution in [0, 0.1) is 0 Å². The van der Waals surface area contributed by atoms with Crippen molar-refractivity contribution < 1.29 is 28.7 Å². The van der Waals surface area contributed by atoms with Crippen LogP contribution in [0.4, 0.5) is 0 Å². The zero-order valence-electron chi connectivity index (χ0n) is 19.6. The lowest BCUT2D eigenvalue weighted by molar-refractivity contribution is -0.130. The SMILES string of the molecule is C[C@@H]1CN(C(=O)c2ccc(Br)o2)CCN1C(=O)C(=O)c1c[nH]c2c(-c3ccc(C(=O)O)cc3)nccc12. The smallest absolute Gasteiger partial charge is 0.335 e. The van der Waals surface area contributed by atoms with Crippen LogP contribution >= 0.6 is 15.9 Å². The predicted octanol–water partition coefficient (Wildman–Crippen LogP) is 3.84. The van der Waals surface area contributed by atoms with Gasteiger partial charge in [-0.2, -0.15) is 0 Å². The lowest BCUT2D eigenvalue weighted by Crippen LogP contribution is -2.56. The van der Waals surface area contributed by atoms with Crippen molar-refractivity contribution in [1.82, 2.24) is 19.8 Å². The van der Waals surface area contributed by atoms with Gasteiger partial charge in [0.2, 0.25) is 0 Å². The summed E-state index contributed by atoms with van der Waals surface area (Å²) in [5, 5.41) is 9.67. The molecule has 2 N–H and O–H groups in total. The van der Waals surface area contributed by atoms with Gasteiger partial charge in [-0.15, -0.1) is 0 Å². The molecule has 0 spiro atoms. The minimum Gasteiger partial charge on any atom is -0.478 e. The highest BCUT2D eigenvalue weighted by atomic mass is 79.9. The average molecular weight is 565 g/mol. The number of carbonyl (C=O) groups excluding carboxylic acids is 3. The normalized spacial score (nSPS) is 15.7. The Bertz CT molecular complexity index is 1540. The fourth-order valence-corrected chi connectivity index (χ4v) is 4.81. The second-order valence-electron chi connectivity index (χ2n) is 8.70. The highest BCUT2D eigenvalue weighted by Crippen LogP contribution is 2.29. The number of furan rings is 1. The van der Waals surface area contributed by atoms with Gasteiger partial charge in [-0.1, -0.05) is 12.1 Å². The summed E-state index contributed by atoms with van der Waals surface area (Å²) in [7, 11) is 0. The van der Waals surface area contributed by atoms with E-state index in [1.807, 2.05) is 0 Å². The van der Waals surface area contributed by atoms with E-state index in [0.717, 1.165) is 0 Å². The molecule has 0 radical (unpaired) electrons. The molecule has 3 aromatic heterocycles. The van der Waals surface area contributed by atoms with Gasteiger partial charge in [-0.25, -0.2) is 4.79 Å². The van der Waals surface area contributed by atoms with Gasteiger partial charge in [-0.3, -0.25) is 19.4 Å². The van der Waals surface area contributed by atoms with Gasteiger partial charge in [0, 0.05) is 49.0 Å². The number of nitrogens with zero attached hydrogens (tertiary/aromatic N) is 3. The van der Waals surface area contributed by atoms with Gasteiger partial charge in [0.1, 0.15) is 0 Å². The molecule has 5 rings (SSSR count). The number of fused-ring (bicyclic) bond motifs is 1. The number of hydrogen-bond donors (Lipinski definition) is 2. The van der Waals surface area contributed by atoms with Crippen LogP contribution in [0.15, 0.2) is 63.9 Å². The second kappa shape index (κ2) is 9.66. The molecule has 4 heterocycles. The maximum Gasteiger partial charge on any atom is 0.335 e. The molecule has 2 amide bonds. The average Bonchev–Trinajstić information content (AvgIpc) is 3.53. The van der Waals surface area contributed by atoms with Crippen molar-refractivity contribution in [3.05, 3.63) is 76.4 Å². The van der Waals surface area contributed by atoms with Gasteiger partial charge in [0.25, 0.3) is 17.6 Å². The van der Waals surface area contributed by atoms with Crippen LogP contribution < -0.4 is 0 Å². The number of aromatic amines is 1. The van der Waals surface area contributed by atoms with E-state index >= 15 is 0 Å². The highest BCUT2D eigenvalue weighted by Gasteiger charge is 2.35. The molecule has 1 atom stereocenters. The van der Waals surface area contributed by atoms with Crippen molar-refractivity contribution >= 4 is 50.4 Å². The molecule has 37 heavy (non-hydrogen) atoms. The summed E-state index contributed by atoms with van der Waals surface area (Å²) >= 11 is 3.19. The second-order valence-corrected chi connectivity index (χ2v) is 9.48. The van der Waals surface area contributed by atoms with E-state index in [-0.39, 0.29) is 48.5 Å². The summed E-state index contributed by atoms with van der Waals surface area (Å²) in [4.78, 5) is 60.9. The fourth-order valence-electron chi connectivity index (χ4n) is 4.51. The molecule has 0 aliphatic carbocycles. The zero-order chi connectivity index (χ0) is 26.3. The largest absolute Gasteiger partial charge is 0.478 e. The zero-order valence-corrected chi connectivity index (χ0v) is 21.2. The Morgan fingerprint density at radius 1 is 1.08 bits per heavy atom. The number of carboxylic acid groups (broad SMARTS) is 1. The van der Waals surface area contributed by atoms with Crippen LogP contribution in [0.5, 0.6) is 0 Å². The van der Waals surface area contributed by atoms with E-state index in [9.17, 15) is 19.2 Å². The maximum atomic E-state index is 13.3. The van der Waals surface area contributed by atoms with E-state index in [4.69, 9.17) is 9.52 Å². The number of piperazine rings is 1. The van der Waals surface area contributed by atoms with Gasteiger partial charge in [0.05, 0.1) is 22.3 Å². The number of aromatic nitrogens is 2. The standard InChI is InChI=1S/C26H21BrN4O6/c1-14-13-30(24(33)19-6-7-20(27)37-19)10-11-31(14)25(34)23(32)18-12-29-22-17(18)8-9-28-21(22)15-2-4-16(5-3-15)26(35)36/h2-9,12,14,29H,10-11,13H2,1H3,(H,35,36)/t14-/m1/s1. The number of benzene rings is 1. The fraction of sp³-hybridized carbons (Fsp3) is 0.192. The maximum absolute atomic E-state index is 13.3. The van der Waals surface area contributed by atoms with Crippen molar-refractivity contribution in [2.75, 3.05) is 19.6 Å². The van der Waals surface area contributed by atoms with Crippen molar-refractivity contribution in [3.63, 3.8) is 0 Å². The number of ketones is 1. The number of hydrogen-bond acceptors (Lipinski definition) is 6. The third-order valence-corrected chi connectivity index (χ3v) is 6.83. The Morgan fingerprint density at radius 2 is 1.84 bits per heavy atom. The molecule has 10 nitrogen and oxygen atoms in total. The number of carbonyl (C=O) groups is 4. The van der Waals surface area contributed by atoms with Crippen LogP contribution in [-0.2, 0) is 4.79 Å². The molecular weight excluding hydrogens is 544 g/mol. The third kappa shape index (κ3) is 4.53. The molecular formula is C26H21BrN4O6. The lowest BCUT2D eigenvalue weighted by Gasteiger charge is -2.39. The van der Waals surface area contributed by atoms with Crippen molar-refractivity contribution in [2.45, 2.75) is 13.0 Å². The molecule has 11 heteroatoms. The first kappa shape index (κ1) is 24.4. The summed E-state index contributed by atoms with van der Waals surface area (Å²) in [6.45, 7) is 2.55. The minimum atomic E-state index is -1.03. The number of carboxylic acids is 1. The van der Waals surface area contributed by atoms with Crippen LogP contribution in [0.1, 0.15) is 38.2 Å². The Morgan fingerprint density at radius 3 is 2.49 bits per heavy atom. The molecule has 0 bridgehead atoms. The number of nitrogens with one attached hydrogen (secondary N) is 1. The molecule has 1 aliphatic rings. The number of H-pyrrole nitrogens is 1. The molecule has 0 saturated carbocycles. The Kier molecular flexibility index (Phi) is 6.38. The third-order valence-electron chi connectivity index (χ3n) is 6.41. The van der Waals surface area contributed by atoms with Crippen LogP contribution in [0.2, 0.25) is 0 Å². The molecule has 1 aromatic carbocycles. The summed E-state index contributed by atoms with van der Waals surface area (Å²) in [6.07, 6.45) is 3.03. The predicted molar refractivity (Wildman–Crippen MR) is 136 cm³/mol. The van der Waals surface area contributed by atoms with Crippen molar-refractivity contribution in [2.24, 2.45) is 0 Å². The van der Waals surface area contributed by atoms with Crippen molar-refractivity contribution in [1.29, 1.82) is 0 Å². The number of halogens is 1. The summed E-state index contributed by atoms with van der Waals surface area (Å²) in [5.41, 5.74) is 2.13. The first-order chi connectivity index (χ1) is 17.7. The first-order valence-electron chi connectivity index (χ1n) is 11.4. The van der Waals surface area contributed by atoms with Crippen LogP contribution in [-0.4, -0.2) is 74.1 Å². The van der Waals surface area contributed by atoms with E-state index in [1.54, 1.807) is 42.2 Å². The lowest BCUT2D eigenvalue weighted by atomic mass is 10.0. The van der Waals surface area contributed by atoms with Crippen LogP contribution in [0.3, 0.4) is 0 Å². The van der Waals surface area contributed by atoms with Crippen molar-refractivity contribution in [3.8, 4) is 11.3 Å². The summed E-state index contributed by atoms with van der Waals surface area (Å²) in [5.74, 6) is -2.41. The number of aromatic carboxylic acids is 1. The van der Waals surface area contributed by atoms with Gasteiger partial charge < -0.3 is 24.3 Å². The van der Waals surface area contributed by atoms with Crippen LogP contribution in [0.25, 0.3) is 22.2 Å². The van der Waals surface area contributed by atoms with E-state index in [1.165, 1.54) is 29.4 Å². The molecule has 1 fully saturated rings. The molecule has 1 saturated heterocycles. The number of Topliss-reactive ketones (excluding diaryl/α,β-unsaturated/α-hetero) is 1. The molecule has 0 unspecified atom stereocenters. The van der Waals surface area contributed by atoms with E-state index in [0.29, 0.717) is 26.8 Å². The first-order valence-corrected chi connectivity index (χ1v) is 12.2. The summed E-state index contributed by atoms with van der Waals surface area (Å²) in [6, 6.07) is 10.7. The number of amides is 2. The van der Waals surface area contributed by atoms with Gasteiger partial charge in [0.15, 0.2) is 10.4 Å². The van der Waals surface area contributed by atoms with Gasteiger partial charge in [-0.05, 0) is 53.2 Å². The quantitative estimate of drug-likeness (QED) is 0.277. The topological polar surface area (TPSA) is 137 Å². The molecule has 1 aliphatic heterocycles. The molecule has 4 aromatic rings. The van der Waals surface area contributed by atoms with Gasteiger partial charge >= 0.3 is 5.97 Å². The Balaban J connectivity index is 1.35. The monoisotopic (exact) mass is 564 g/mol. The number of rotatable bonds is 5. The number of pyridine rings is 1. The molecule has 188 valence electrons. The summed E-state index contributed by atoms with van der Waals surface area (Å²) < 4.78 is 5.81. The Hall–Kier alpha value is -4.25. The minimum absolute atomic E-state index is 0.150.